The maximum absolute atomic E-state index is 11.2. The molecule has 118 valence electrons. The van der Waals surface area contributed by atoms with Crippen molar-refractivity contribution in [2.75, 3.05) is 19.9 Å². The molecule has 2 aliphatic rings. The number of primary amides is 1. The summed E-state index contributed by atoms with van der Waals surface area (Å²) in [6.45, 7) is 2.17. The Morgan fingerprint density at radius 1 is 1.32 bits per heavy atom. The van der Waals surface area contributed by atoms with Gasteiger partial charge in [0, 0.05) is 18.8 Å². The Morgan fingerprint density at radius 3 is 2.55 bits per heavy atom. The number of nitrogens with zero attached hydrogens (tertiary/aromatic N) is 1. The van der Waals surface area contributed by atoms with Gasteiger partial charge < -0.3 is 20.1 Å². The topological polar surface area (TPSA) is 109 Å². The number of nitro benzene ring substituents is 1. The first-order chi connectivity index (χ1) is 10.5. The average molecular weight is 308 g/mol. The number of carbonyl (C=O) groups is 1. The number of nitrogens with one attached hydrogen (secondary N) is 1. The average Bonchev–Trinajstić information content (AvgIpc) is 2.94. The molecule has 0 spiro atoms. The Kier molecular flexibility index (Phi) is 3.84. The van der Waals surface area contributed by atoms with Crippen LogP contribution in [0.2, 0.25) is 0 Å². The highest BCUT2D eigenvalue weighted by atomic mass is 16.7. The van der Waals surface area contributed by atoms with E-state index in [-0.39, 0.29) is 24.3 Å². The monoisotopic (exact) mass is 308 g/mol. The second-order valence-electron chi connectivity index (χ2n) is 5.69. The smallest absolute Gasteiger partial charge is 0.282 e. The predicted molar refractivity (Wildman–Crippen MR) is 75.5 cm³/mol. The Labute approximate surface area is 126 Å². The first-order valence-electron chi connectivity index (χ1n) is 7.24. The number of likely N-dealkylation sites (tertiary alicyclic amines) is 1. The zero-order valence-corrected chi connectivity index (χ0v) is 12.0. The van der Waals surface area contributed by atoms with Crippen molar-refractivity contribution in [2.45, 2.75) is 19.4 Å². The van der Waals surface area contributed by atoms with E-state index in [9.17, 15) is 14.9 Å². The van der Waals surface area contributed by atoms with Gasteiger partial charge in [0.25, 0.3) is 5.69 Å². The highest BCUT2D eigenvalue weighted by Crippen LogP contribution is 2.37. The van der Waals surface area contributed by atoms with Gasteiger partial charge in [0.2, 0.25) is 12.7 Å². The third-order valence-corrected chi connectivity index (χ3v) is 4.31. The molecule has 1 aromatic carbocycles. The summed E-state index contributed by atoms with van der Waals surface area (Å²) >= 11 is 0. The van der Waals surface area contributed by atoms with E-state index in [1.165, 1.54) is 11.0 Å². The lowest BCUT2D eigenvalue weighted by atomic mass is 9.96. The fourth-order valence-electron chi connectivity index (χ4n) is 3.04. The summed E-state index contributed by atoms with van der Waals surface area (Å²) in [7, 11) is 0. The van der Waals surface area contributed by atoms with Crippen LogP contribution >= 0.6 is 0 Å². The normalized spacial score (nSPS) is 23.3. The minimum absolute atomic E-state index is 0.0498. The fraction of sp³-hybridized carbons (Fsp3) is 0.500. The zero-order valence-electron chi connectivity index (χ0n) is 12.0. The number of rotatable bonds is 4. The number of piperidine rings is 1. The lowest BCUT2D eigenvalue weighted by Gasteiger charge is -2.27. The van der Waals surface area contributed by atoms with Crippen LogP contribution in [0, 0.1) is 16.0 Å². The van der Waals surface area contributed by atoms with Crippen molar-refractivity contribution in [3.8, 4) is 11.5 Å². The molecular weight excluding hydrogens is 290 g/mol. The van der Waals surface area contributed by atoms with Crippen LogP contribution in [0.25, 0.3) is 0 Å². The molecule has 1 aromatic rings. The van der Waals surface area contributed by atoms with Crippen molar-refractivity contribution in [3.05, 3.63) is 27.8 Å². The number of quaternary nitrogens is 1. The molecular formula is C14H18N3O5+. The largest absolute Gasteiger partial charge is 0.454 e. The highest BCUT2D eigenvalue weighted by molar-refractivity contribution is 5.76. The van der Waals surface area contributed by atoms with Crippen molar-refractivity contribution in [1.82, 2.24) is 0 Å². The molecule has 8 nitrogen and oxygen atoms in total. The minimum Gasteiger partial charge on any atom is -0.454 e. The van der Waals surface area contributed by atoms with Crippen molar-refractivity contribution >= 4 is 11.6 Å². The minimum atomic E-state index is -0.396. The number of amides is 1. The molecule has 3 rings (SSSR count). The van der Waals surface area contributed by atoms with Crippen LogP contribution in [-0.4, -0.2) is 30.7 Å². The molecule has 0 atom stereocenters. The molecule has 0 bridgehead atoms. The summed E-state index contributed by atoms with van der Waals surface area (Å²) in [4.78, 5) is 23.2. The van der Waals surface area contributed by atoms with E-state index in [0.717, 1.165) is 25.9 Å². The van der Waals surface area contributed by atoms with Gasteiger partial charge in [-0.3, -0.25) is 14.9 Å². The Morgan fingerprint density at radius 2 is 1.95 bits per heavy atom. The molecule has 2 aliphatic heterocycles. The number of fused-ring (bicyclic) bond motifs is 1. The van der Waals surface area contributed by atoms with Crippen LogP contribution in [0.4, 0.5) is 5.69 Å². The second kappa shape index (κ2) is 5.80. The Hall–Kier alpha value is -2.35. The van der Waals surface area contributed by atoms with Gasteiger partial charge in [0.1, 0.15) is 6.54 Å². The molecule has 0 aromatic heterocycles. The standard InChI is InChI=1S/C14H17N3O5/c15-14(18)9-1-3-16(4-2-9)7-10-5-12-13(22-8-21-12)6-11(10)17(19)20/h5-6,9H,1-4,7-8H2,(H2,15,18)/p+1. The maximum Gasteiger partial charge on any atom is 0.282 e. The van der Waals surface area contributed by atoms with Gasteiger partial charge in [-0.25, -0.2) is 0 Å². The Bertz CT molecular complexity index is 611. The third kappa shape index (κ3) is 2.82. The molecule has 2 heterocycles. The fourth-order valence-corrected chi connectivity index (χ4v) is 3.04. The lowest BCUT2D eigenvalue weighted by molar-refractivity contribution is -0.919. The van der Waals surface area contributed by atoms with E-state index >= 15 is 0 Å². The van der Waals surface area contributed by atoms with Crippen molar-refractivity contribution in [3.63, 3.8) is 0 Å². The first kappa shape index (κ1) is 14.6. The van der Waals surface area contributed by atoms with Crippen molar-refractivity contribution in [2.24, 2.45) is 11.7 Å². The zero-order chi connectivity index (χ0) is 15.7. The highest BCUT2D eigenvalue weighted by Gasteiger charge is 2.29. The summed E-state index contributed by atoms with van der Waals surface area (Å²) < 4.78 is 10.5. The number of hydrogen-bond acceptors (Lipinski definition) is 5. The van der Waals surface area contributed by atoms with Gasteiger partial charge in [0.05, 0.1) is 29.6 Å². The van der Waals surface area contributed by atoms with Gasteiger partial charge >= 0.3 is 0 Å². The maximum atomic E-state index is 11.2. The van der Waals surface area contributed by atoms with E-state index in [1.807, 2.05) is 0 Å². The molecule has 8 heteroatoms. The van der Waals surface area contributed by atoms with Crippen LogP contribution in [0.1, 0.15) is 18.4 Å². The van der Waals surface area contributed by atoms with E-state index < -0.39 is 4.92 Å². The molecule has 3 N–H and O–H groups in total. The molecule has 1 fully saturated rings. The predicted octanol–water partition coefficient (Wildman–Crippen LogP) is -0.396. The number of hydrogen-bond donors (Lipinski definition) is 2. The van der Waals surface area contributed by atoms with E-state index in [2.05, 4.69) is 0 Å². The van der Waals surface area contributed by atoms with Gasteiger partial charge in [-0.1, -0.05) is 0 Å². The number of carbonyl (C=O) groups excluding carboxylic acids is 1. The van der Waals surface area contributed by atoms with Crippen molar-refractivity contribution < 1.29 is 24.1 Å². The number of benzene rings is 1. The number of ether oxygens (including phenoxy) is 2. The summed E-state index contributed by atoms with van der Waals surface area (Å²) in [5.74, 6) is 0.633. The van der Waals surface area contributed by atoms with Crippen LogP contribution in [-0.2, 0) is 11.3 Å². The molecule has 1 amide bonds. The molecule has 0 aliphatic carbocycles. The van der Waals surface area contributed by atoms with Crippen molar-refractivity contribution in [1.29, 1.82) is 0 Å². The lowest BCUT2D eigenvalue weighted by Crippen LogP contribution is -3.11. The van der Waals surface area contributed by atoms with Crippen LogP contribution in [0.5, 0.6) is 11.5 Å². The van der Waals surface area contributed by atoms with E-state index in [0.29, 0.717) is 23.6 Å². The summed E-state index contributed by atoms with van der Waals surface area (Å²) in [5, 5.41) is 11.2. The van der Waals surface area contributed by atoms with Crippen LogP contribution in [0.15, 0.2) is 12.1 Å². The molecule has 0 radical (unpaired) electrons. The van der Waals surface area contributed by atoms with Gasteiger partial charge in [-0.2, -0.15) is 0 Å². The van der Waals surface area contributed by atoms with Gasteiger partial charge in [0.15, 0.2) is 11.5 Å². The Balaban J connectivity index is 1.75. The van der Waals surface area contributed by atoms with Gasteiger partial charge in [-0.05, 0) is 6.07 Å². The molecule has 1 saturated heterocycles. The van der Waals surface area contributed by atoms with Crippen LogP contribution < -0.4 is 20.1 Å². The van der Waals surface area contributed by atoms with E-state index in [1.54, 1.807) is 6.07 Å². The summed E-state index contributed by atoms with van der Waals surface area (Å²) in [6.07, 6.45) is 1.45. The number of nitrogens with two attached hydrogens (primary N) is 1. The second-order valence-corrected chi connectivity index (χ2v) is 5.69. The molecule has 22 heavy (non-hydrogen) atoms. The van der Waals surface area contributed by atoms with Gasteiger partial charge in [-0.15, -0.1) is 0 Å². The first-order valence-corrected chi connectivity index (χ1v) is 7.24. The summed E-state index contributed by atoms with van der Waals surface area (Å²) in [6, 6.07) is 3.11. The van der Waals surface area contributed by atoms with Crippen LogP contribution in [0.3, 0.4) is 0 Å². The number of nitro groups is 1. The summed E-state index contributed by atoms with van der Waals surface area (Å²) in [5.41, 5.74) is 6.00. The quantitative estimate of drug-likeness (QED) is 0.581. The SMILES string of the molecule is NC(=O)C1CC[NH+](Cc2cc3c(cc2[N+](=O)[O-])OCO3)CC1. The third-order valence-electron chi connectivity index (χ3n) is 4.31. The molecule has 0 saturated carbocycles. The van der Waals surface area contributed by atoms with E-state index in [4.69, 9.17) is 15.2 Å². The molecule has 0 unspecified atom stereocenters.